The zero-order chi connectivity index (χ0) is 21.0. The summed E-state index contributed by atoms with van der Waals surface area (Å²) in [6.07, 6.45) is 2.03. The van der Waals surface area contributed by atoms with E-state index in [1.54, 1.807) is 21.3 Å². The smallest absolute Gasteiger partial charge is 0.236 e. The number of benzene rings is 2. The number of nitrogens with zero attached hydrogens (tertiary/aromatic N) is 5. The van der Waals surface area contributed by atoms with Crippen molar-refractivity contribution in [3.05, 3.63) is 53.9 Å². The number of carbonyl (C=O) groups is 1. The summed E-state index contributed by atoms with van der Waals surface area (Å²) < 4.78 is 1.76. The van der Waals surface area contributed by atoms with Gasteiger partial charge in [-0.3, -0.25) is 4.79 Å². The fraction of sp³-hybridized carbons (Fsp3) is 0.273. The first-order valence-corrected chi connectivity index (χ1v) is 11.1. The van der Waals surface area contributed by atoms with Gasteiger partial charge in [0.15, 0.2) is 11.6 Å². The third kappa shape index (κ3) is 2.74. The van der Waals surface area contributed by atoms with Crippen molar-refractivity contribution in [2.75, 3.05) is 18.2 Å². The van der Waals surface area contributed by atoms with Crippen molar-refractivity contribution >= 4 is 34.4 Å². The third-order valence-electron chi connectivity index (χ3n) is 5.63. The number of hydrogen-bond acceptors (Lipinski definition) is 5. The number of nitrogens with one attached hydrogen (secondary N) is 1. The number of H-pyrrole nitrogens is 1. The van der Waals surface area contributed by atoms with Gasteiger partial charge in [-0.1, -0.05) is 12.1 Å². The van der Waals surface area contributed by atoms with E-state index in [1.165, 1.54) is 0 Å². The first-order valence-electron chi connectivity index (χ1n) is 9.73. The first-order chi connectivity index (χ1) is 14.4. The topological polar surface area (TPSA) is 79.7 Å². The summed E-state index contributed by atoms with van der Waals surface area (Å²) >= 11 is 1.67. The molecule has 3 heterocycles. The molecule has 4 aromatic rings. The van der Waals surface area contributed by atoms with Crippen molar-refractivity contribution < 1.29 is 4.79 Å². The Kier molecular flexibility index (Phi) is 4.21. The molecule has 0 fully saturated rings. The maximum absolute atomic E-state index is 12.7. The normalized spacial score (nSPS) is 15.2. The average molecular weight is 419 g/mol. The fourth-order valence-corrected chi connectivity index (χ4v) is 4.41. The minimum absolute atomic E-state index is 0.0940. The van der Waals surface area contributed by atoms with Crippen molar-refractivity contribution in [3.8, 4) is 17.3 Å². The Morgan fingerprint density at radius 1 is 1.13 bits per heavy atom. The molecule has 0 saturated carbocycles. The van der Waals surface area contributed by atoms with Crippen LogP contribution >= 0.6 is 11.8 Å². The molecule has 2 aromatic carbocycles. The van der Waals surface area contributed by atoms with Gasteiger partial charge in [0, 0.05) is 18.3 Å². The Morgan fingerprint density at radius 3 is 2.70 bits per heavy atom. The minimum Gasteiger partial charge on any atom is -0.322 e. The monoisotopic (exact) mass is 418 g/mol. The van der Waals surface area contributed by atoms with Gasteiger partial charge in [-0.05, 0) is 56.0 Å². The molecule has 0 atom stereocenters. The number of aromatic amines is 1. The Morgan fingerprint density at radius 2 is 1.93 bits per heavy atom. The highest BCUT2D eigenvalue weighted by Crippen LogP contribution is 2.42. The zero-order valence-corrected chi connectivity index (χ0v) is 18.1. The summed E-state index contributed by atoms with van der Waals surface area (Å²) in [6.45, 7) is 3.93. The molecule has 30 heavy (non-hydrogen) atoms. The largest absolute Gasteiger partial charge is 0.322 e. The van der Waals surface area contributed by atoms with Crippen LogP contribution in [0.1, 0.15) is 25.2 Å². The number of fused-ring (bicyclic) bond motifs is 2. The van der Waals surface area contributed by atoms with Gasteiger partial charge in [-0.25, -0.2) is 9.97 Å². The van der Waals surface area contributed by atoms with Gasteiger partial charge in [0.1, 0.15) is 0 Å². The summed E-state index contributed by atoms with van der Waals surface area (Å²) in [5.74, 6) is 2.87. The number of para-hydroxylation sites is 2. The van der Waals surface area contributed by atoms with E-state index in [9.17, 15) is 4.79 Å². The summed E-state index contributed by atoms with van der Waals surface area (Å²) in [5.41, 5.74) is 4.09. The van der Waals surface area contributed by atoms with Crippen LogP contribution in [0.4, 0.5) is 5.69 Å². The number of carbonyl (C=O) groups excluding carboxylic acids is 1. The molecule has 0 bridgehead atoms. The lowest BCUT2D eigenvalue weighted by Crippen LogP contribution is -2.33. The van der Waals surface area contributed by atoms with Crippen molar-refractivity contribution in [2.45, 2.75) is 25.0 Å². The molecule has 0 unspecified atom stereocenters. The van der Waals surface area contributed by atoms with Crippen molar-refractivity contribution in [3.63, 3.8) is 0 Å². The van der Waals surface area contributed by atoms with Gasteiger partial charge in [0.2, 0.25) is 11.9 Å². The molecule has 0 saturated heterocycles. The van der Waals surface area contributed by atoms with Gasteiger partial charge in [-0.15, -0.1) is 5.10 Å². The maximum Gasteiger partial charge on any atom is 0.236 e. The molecule has 1 N–H and O–H groups in total. The number of anilines is 1. The van der Waals surface area contributed by atoms with Crippen molar-refractivity contribution in [2.24, 2.45) is 0 Å². The van der Waals surface area contributed by atoms with Crippen LogP contribution in [0.2, 0.25) is 0 Å². The molecule has 5 rings (SSSR count). The lowest BCUT2D eigenvalue weighted by atomic mass is 9.85. The van der Waals surface area contributed by atoms with Crippen LogP contribution in [-0.2, 0) is 16.0 Å². The molecule has 7 nitrogen and oxygen atoms in total. The highest BCUT2D eigenvalue weighted by atomic mass is 32.2. The Balaban J connectivity index is 1.68. The van der Waals surface area contributed by atoms with E-state index in [4.69, 9.17) is 15.1 Å². The quantitative estimate of drug-likeness (QED) is 0.543. The molecule has 2 aromatic heterocycles. The van der Waals surface area contributed by atoms with E-state index >= 15 is 0 Å². The van der Waals surface area contributed by atoms with Crippen LogP contribution in [0.5, 0.6) is 0 Å². The molecule has 152 valence electrons. The van der Waals surface area contributed by atoms with E-state index in [1.807, 2.05) is 63.5 Å². The van der Waals surface area contributed by atoms with Crippen LogP contribution in [0.15, 0.2) is 42.5 Å². The van der Waals surface area contributed by atoms with E-state index in [0.717, 1.165) is 33.7 Å². The number of thioether (sulfide) groups is 1. The Bertz CT molecular complexity index is 1260. The summed E-state index contributed by atoms with van der Waals surface area (Å²) in [5, 5.41) is 4.72. The highest BCUT2D eigenvalue weighted by molar-refractivity contribution is 7.97. The second kappa shape index (κ2) is 6.70. The molecule has 8 heteroatoms. The summed E-state index contributed by atoms with van der Waals surface area (Å²) in [6, 6.07) is 13.9. The molecule has 0 radical (unpaired) electrons. The van der Waals surface area contributed by atoms with E-state index in [-0.39, 0.29) is 5.91 Å². The molecular formula is C22H22N6OS. The lowest BCUT2D eigenvalue weighted by Gasteiger charge is -2.16. The standard InChI is InChI=1S/C22H22N6OS/c1-22(2)14-11-13(9-10-17(14)27(3)20(22)29)19-25-18(12-30-4)26-28(19)21-23-15-7-5-6-8-16(15)24-21/h5-11H,12H2,1-4H3,(H,23,24). The van der Waals surface area contributed by atoms with Gasteiger partial charge in [0.05, 0.1) is 22.2 Å². The fourth-order valence-electron chi connectivity index (χ4n) is 4.03. The predicted octanol–water partition coefficient (Wildman–Crippen LogP) is 3.93. The third-order valence-corrected chi connectivity index (χ3v) is 6.18. The maximum atomic E-state index is 12.7. The number of hydrogen-bond donors (Lipinski definition) is 1. The predicted molar refractivity (Wildman–Crippen MR) is 120 cm³/mol. The number of amides is 1. The highest BCUT2D eigenvalue weighted by Gasteiger charge is 2.42. The number of imidazole rings is 1. The first kappa shape index (κ1) is 18.9. The Hall–Kier alpha value is -3.13. The van der Waals surface area contributed by atoms with Crippen LogP contribution in [0.25, 0.3) is 28.4 Å². The van der Waals surface area contributed by atoms with Crippen molar-refractivity contribution in [1.29, 1.82) is 0 Å². The van der Waals surface area contributed by atoms with Gasteiger partial charge in [-0.2, -0.15) is 16.4 Å². The second-order valence-corrected chi connectivity index (χ2v) is 8.86. The van der Waals surface area contributed by atoms with Crippen LogP contribution in [-0.4, -0.2) is 43.9 Å². The second-order valence-electron chi connectivity index (χ2n) is 8.00. The van der Waals surface area contributed by atoms with Crippen LogP contribution < -0.4 is 4.90 Å². The van der Waals surface area contributed by atoms with Gasteiger partial charge < -0.3 is 9.88 Å². The molecule has 1 aliphatic heterocycles. The average Bonchev–Trinajstić information content (AvgIpc) is 3.40. The molecule has 1 amide bonds. The lowest BCUT2D eigenvalue weighted by molar-refractivity contribution is -0.121. The Labute approximate surface area is 178 Å². The number of likely N-dealkylation sites (N-methyl/N-ethyl adjacent to an activating group) is 1. The van der Waals surface area contributed by atoms with Crippen molar-refractivity contribution in [1.82, 2.24) is 24.7 Å². The van der Waals surface area contributed by atoms with E-state index in [2.05, 4.69) is 11.1 Å². The van der Waals surface area contributed by atoms with Crippen LogP contribution in [0.3, 0.4) is 0 Å². The zero-order valence-electron chi connectivity index (χ0n) is 17.3. The number of aromatic nitrogens is 5. The summed E-state index contributed by atoms with van der Waals surface area (Å²) in [4.78, 5) is 27.3. The number of rotatable bonds is 4. The molecule has 0 spiro atoms. The summed E-state index contributed by atoms with van der Waals surface area (Å²) in [7, 11) is 1.82. The van der Waals surface area contributed by atoms with Gasteiger partial charge in [0.25, 0.3) is 0 Å². The van der Waals surface area contributed by atoms with Crippen LogP contribution in [0, 0.1) is 0 Å². The minimum atomic E-state index is -0.577. The molecule has 0 aliphatic carbocycles. The SMILES string of the molecule is CSCc1nc(-c2ccc3c(c2)C(C)(C)C(=O)N3C)n(-c2nc3ccccc3[nH]2)n1. The molecular weight excluding hydrogens is 396 g/mol. The van der Waals surface area contributed by atoms with Gasteiger partial charge >= 0.3 is 0 Å². The van der Waals surface area contributed by atoms with E-state index in [0.29, 0.717) is 17.5 Å². The molecule has 1 aliphatic rings. The van der Waals surface area contributed by atoms with E-state index < -0.39 is 5.41 Å².